The molecule has 5 nitrogen and oxygen atoms in total. The van der Waals surface area contributed by atoms with Gasteiger partial charge in [0.1, 0.15) is 0 Å². The number of amides is 1. The number of carbonyl (C=O) groups excluding carboxylic acids is 1. The maximum absolute atomic E-state index is 12.7. The molecule has 0 aliphatic carbocycles. The van der Waals surface area contributed by atoms with Crippen molar-refractivity contribution in [2.24, 2.45) is 5.92 Å². The van der Waals surface area contributed by atoms with E-state index in [2.05, 4.69) is 29.0 Å². The molecule has 0 spiro atoms. The zero-order chi connectivity index (χ0) is 16.9. The highest BCUT2D eigenvalue weighted by molar-refractivity contribution is 6.05. The second-order valence-corrected chi connectivity index (χ2v) is 6.55. The molecule has 128 valence electrons. The number of pyridine rings is 1. The number of para-hydroxylation sites is 1. The first-order chi connectivity index (χ1) is 11.7. The van der Waals surface area contributed by atoms with Crippen molar-refractivity contribution in [3.63, 3.8) is 0 Å². The molecule has 1 aromatic heterocycles. The summed E-state index contributed by atoms with van der Waals surface area (Å²) in [7, 11) is 0. The van der Waals surface area contributed by atoms with Gasteiger partial charge in [-0.05, 0) is 18.1 Å². The van der Waals surface area contributed by atoms with Gasteiger partial charge in [-0.15, -0.1) is 0 Å². The molecular weight excluding hydrogens is 302 g/mol. The summed E-state index contributed by atoms with van der Waals surface area (Å²) in [5, 5.41) is 4.01. The highest BCUT2D eigenvalue weighted by atomic mass is 16.5. The van der Waals surface area contributed by atoms with Crippen LogP contribution in [0.2, 0.25) is 0 Å². The Morgan fingerprint density at radius 3 is 2.75 bits per heavy atom. The van der Waals surface area contributed by atoms with Crippen LogP contribution in [0.4, 0.5) is 0 Å². The number of benzene rings is 1. The lowest BCUT2D eigenvalue weighted by Crippen LogP contribution is -2.51. The average Bonchev–Trinajstić information content (AvgIpc) is 2.62. The molecule has 1 fully saturated rings. The average molecular weight is 327 g/mol. The molecule has 1 unspecified atom stereocenters. The Morgan fingerprint density at radius 1 is 1.25 bits per heavy atom. The molecule has 1 amide bonds. The van der Waals surface area contributed by atoms with Crippen LogP contribution in [0.1, 0.15) is 24.2 Å². The molecule has 1 atom stereocenters. The molecule has 0 saturated carbocycles. The summed E-state index contributed by atoms with van der Waals surface area (Å²) in [6.45, 7) is 8.45. The summed E-state index contributed by atoms with van der Waals surface area (Å²) in [6.07, 6.45) is 1.69. The number of ether oxygens (including phenoxy) is 1. The number of carbonyl (C=O) groups is 1. The lowest BCUT2D eigenvalue weighted by Gasteiger charge is -2.36. The largest absolute Gasteiger partial charge is 0.379 e. The van der Waals surface area contributed by atoms with Gasteiger partial charge >= 0.3 is 0 Å². The predicted molar refractivity (Wildman–Crippen MR) is 95.1 cm³/mol. The summed E-state index contributed by atoms with van der Waals surface area (Å²) in [6, 6.07) is 9.86. The molecule has 24 heavy (non-hydrogen) atoms. The standard InChI is InChI=1S/C19H25N3O2/c1-14(2)18(22-9-11-24-12-10-22)13-21-19(23)16-7-8-20-17-6-4-3-5-15(16)17/h3-8,14,18H,9-13H2,1-2H3,(H,21,23). The van der Waals surface area contributed by atoms with E-state index in [0.717, 1.165) is 37.2 Å². The van der Waals surface area contributed by atoms with E-state index in [4.69, 9.17) is 4.74 Å². The van der Waals surface area contributed by atoms with E-state index in [-0.39, 0.29) is 5.91 Å². The third-order valence-corrected chi connectivity index (χ3v) is 4.65. The predicted octanol–water partition coefficient (Wildman–Crippen LogP) is 2.32. The zero-order valence-electron chi connectivity index (χ0n) is 14.4. The van der Waals surface area contributed by atoms with Gasteiger partial charge in [0.15, 0.2) is 0 Å². The number of aromatic nitrogens is 1. The minimum atomic E-state index is -0.0347. The van der Waals surface area contributed by atoms with E-state index in [9.17, 15) is 4.79 Å². The molecule has 2 aromatic rings. The molecule has 3 rings (SSSR count). The molecule has 1 aliphatic rings. The van der Waals surface area contributed by atoms with Crippen LogP contribution in [0.25, 0.3) is 10.9 Å². The van der Waals surface area contributed by atoms with Crippen molar-refractivity contribution in [3.8, 4) is 0 Å². The SMILES string of the molecule is CC(C)C(CNC(=O)c1ccnc2ccccc12)N1CCOCC1. The van der Waals surface area contributed by atoms with Crippen LogP contribution < -0.4 is 5.32 Å². The third-order valence-electron chi connectivity index (χ3n) is 4.65. The van der Waals surface area contributed by atoms with Crippen LogP contribution in [0.5, 0.6) is 0 Å². The molecule has 0 bridgehead atoms. The highest BCUT2D eigenvalue weighted by Gasteiger charge is 2.24. The van der Waals surface area contributed by atoms with Crippen molar-refractivity contribution in [3.05, 3.63) is 42.1 Å². The van der Waals surface area contributed by atoms with Crippen LogP contribution in [0.15, 0.2) is 36.5 Å². The van der Waals surface area contributed by atoms with E-state index in [0.29, 0.717) is 24.1 Å². The fourth-order valence-electron chi connectivity index (χ4n) is 3.28. The van der Waals surface area contributed by atoms with E-state index < -0.39 is 0 Å². The number of nitrogens with one attached hydrogen (secondary N) is 1. The van der Waals surface area contributed by atoms with E-state index in [1.165, 1.54) is 0 Å². The van der Waals surface area contributed by atoms with Gasteiger partial charge in [0.05, 0.1) is 24.3 Å². The van der Waals surface area contributed by atoms with Crippen LogP contribution in [-0.4, -0.2) is 54.7 Å². The van der Waals surface area contributed by atoms with Gasteiger partial charge in [0.25, 0.3) is 5.91 Å². The molecule has 1 N–H and O–H groups in total. The number of nitrogens with zero attached hydrogens (tertiary/aromatic N) is 2. The summed E-state index contributed by atoms with van der Waals surface area (Å²) >= 11 is 0. The number of morpholine rings is 1. The van der Waals surface area contributed by atoms with E-state index >= 15 is 0 Å². The smallest absolute Gasteiger partial charge is 0.252 e. The lowest BCUT2D eigenvalue weighted by molar-refractivity contribution is 0.00673. The number of fused-ring (bicyclic) bond motifs is 1. The molecule has 2 heterocycles. The first-order valence-electron chi connectivity index (χ1n) is 8.60. The van der Waals surface area contributed by atoms with Gasteiger partial charge in [0.2, 0.25) is 0 Å². The minimum Gasteiger partial charge on any atom is -0.379 e. The summed E-state index contributed by atoms with van der Waals surface area (Å²) in [5.41, 5.74) is 1.53. The maximum Gasteiger partial charge on any atom is 0.252 e. The normalized spacial score (nSPS) is 17.1. The Balaban J connectivity index is 1.71. The van der Waals surface area contributed by atoms with Crippen LogP contribution in [0, 0.1) is 5.92 Å². The fraction of sp³-hybridized carbons (Fsp3) is 0.474. The van der Waals surface area contributed by atoms with Crippen LogP contribution >= 0.6 is 0 Å². The van der Waals surface area contributed by atoms with Crippen LogP contribution in [0.3, 0.4) is 0 Å². The monoisotopic (exact) mass is 327 g/mol. The number of hydrogen-bond donors (Lipinski definition) is 1. The summed E-state index contributed by atoms with van der Waals surface area (Å²) < 4.78 is 5.44. The van der Waals surface area contributed by atoms with Crippen molar-refractivity contribution < 1.29 is 9.53 Å². The second kappa shape index (κ2) is 7.73. The fourth-order valence-corrected chi connectivity index (χ4v) is 3.28. The Bertz CT molecular complexity index is 691. The number of rotatable bonds is 5. The van der Waals surface area contributed by atoms with Crippen molar-refractivity contribution in [1.82, 2.24) is 15.2 Å². The van der Waals surface area contributed by atoms with Crippen molar-refractivity contribution >= 4 is 16.8 Å². The number of hydrogen-bond acceptors (Lipinski definition) is 4. The molecule has 1 aromatic carbocycles. The molecule has 1 saturated heterocycles. The topological polar surface area (TPSA) is 54.5 Å². The van der Waals surface area contributed by atoms with E-state index in [1.54, 1.807) is 12.3 Å². The molecule has 5 heteroatoms. The van der Waals surface area contributed by atoms with Crippen molar-refractivity contribution in [1.29, 1.82) is 0 Å². The van der Waals surface area contributed by atoms with Gasteiger partial charge in [-0.25, -0.2) is 0 Å². The van der Waals surface area contributed by atoms with Gasteiger partial charge in [-0.3, -0.25) is 14.7 Å². The van der Waals surface area contributed by atoms with Crippen LogP contribution in [-0.2, 0) is 4.74 Å². The Kier molecular flexibility index (Phi) is 5.43. The maximum atomic E-state index is 12.7. The highest BCUT2D eigenvalue weighted by Crippen LogP contribution is 2.17. The summed E-state index contributed by atoms with van der Waals surface area (Å²) in [5.74, 6) is 0.435. The Labute approximate surface area is 143 Å². The molecule has 0 radical (unpaired) electrons. The first-order valence-corrected chi connectivity index (χ1v) is 8.60. The molecule has 1 aliphatic heterocycles. The molecular formula is C19H25N3O2. The van der Waals surface area contributed by atoms with Gasteiger partial charge in [-0.1, -0.05) is 32.0 Å². The second-order valence-electron chi connectivity index (χ2n) is 6.55. The van der Waals surface area contributed by atoms with Crippen molar-refractivity contribution in [2.45, 2.75) is 19.9 Å². The Morgan fingerprint density at radius 2 is 2.00 bits per heavy atom. The van der Waals surface area contributed by atoms with E-state index in [1.807, 2.05) is 24.3 Å². The zero-order valence-corrected chi connectivity index (χ0v) is 14.4. The quantitative estimate of drug-likeness (QED) is 0.916. The van der Waals surface area contributed by atoms with Gasteiger partial charge < -0.3 is 10.1 Å². The third kappa shape index (κ3) is 3.74. The Hall–Kier alpha value is -1.98. The minimum absolute atomic E-state index is 0.0347. The van der Waals surface area contributed by atoms with Gasteiger partial charge in [-0.2, -0.15) is 0 Å². The lowest BCUT2D eigenvalue weighted by atomic mass is 10.0. The first kappa shape index (κ1) is 16.9. The van der Waals surface area contributed by atoms with Gasteiger partial charge in [0, 0.05) is 37.3 Å². The van der Waals surface area contributed by atoms with Crippen molar-refractivity contribution in [2.75, 3.05) is 32.8 Å². The summed E-state index contributed by atoms with van der Waals surface area (Å²) in [4.78, 5) is 19.4.